The van der Waals surface area contributed by atoms with E-state index in [0.717, 1.165) is 16.9 Å². The van der Waals surface area contributed by atoms with Crippen molar-refractivity contribution in [3.05, 3.63) is 23.8 Å². The summed E-state index contributed by atoms with van der Waals surface area (Å²) in [6.07, 6.45) is 7.26. The number of halogens is 1. The van der Waals surface area contributed by atoms with Crippen molar-refractivity contribution in [2.45, 2.75) is 25.8 Å². The maximum absolute atomic E-state index is 12.4. The number of rotatable bonds is 3. The molecule has 0 spiro atoms. The first-order valence-corrected chi connectivity index (χ1v) is 6.39. The van der Waals surface area contributed by atoms with E-state index in [1.54, 1.807) is 6.92 Å². The van der Waals surface area contributed by atoms with E-state index in [4.69, 9.17) is 5.73 Å². The number of allylic oxidation sites excluding steroid dienone is 3. The molecule has 6 heteroatoms. The molecule has 2 amide bonds. The third kappa shape index (κ3) is 2.69. The van der Waals surface area contributed by atoms with Crippen LogP contribution in [-0.4, -0.2) is 35.6 Å². The zero-order valence-electron chi connectivity index (χ0n) is 11.5. The first-order chi connectivity index (χ1) is 8.95. The zero-order chi connectivity index (χ0) is 14.2. The molecule has 1 saturated heterocycles. The molecule has 0 aromatic rings. The van der Waals surface area contributed by atoms with Gasteiger partial charge in [0.2, 0.25) is 11.8 Å². The second kappa shape index (κ2) is 6.33. The third-order valence-corrected chi connectivity index (χ3v) is 3.87. The largest absolute Gasteiger partial charge is 0.318 e. The van der Waals surface area contributed by atoms with Crippen LogP contribution in [0.25, 0.3) is 0 Å². The molecule has 2 aliphatic rings. The van der Waals surface area contributed by atoms with Crippen LogP contribution in [0.2, 0.25) is 0 Å². The van der Waals surface area contributed by atoms with Gasteiger partial charge < -0.3 is 5.73 Å². The smallest absolute Gasteiger partial charge is 0.240 e. The van der Waals surface area contributed by atoms with E-state index in [1.807, 2.05) is 18.2 Å². The summed E-state index contributed by atoms with van der Waals surface area (Å²) in [5.41, 5.74) is 6.78. The average Bonchev–Trinajstić information content (AvgIpc) is 2.62. The Hall–Kier alpha value is -1.46. The molecule has 2 rings (SSSR count). The molecule has 0 saturated carbocycles. The lowest BCUT2D eigenvalue weighted by Gasteiger charge is -2.19. The van der Waals surface area contributed by atoms with E-state index in [2.05, 4.69) is 0 Å². The number of ketones is 1. The summed E-state index contributed by atoms with van der Waals surface area (Å²) in [5, 5.41) is 0. The van der Waals surface area contributed by atoms with Gasteiger partial charge in [-0.3, -0.25) is 19.3 Å². The standard InChI is InChI=1S/C14H18N2O3.ClH/c1-8-10(14(19)16(2)13(8)18)12(17)11(15)9-6-4-3-5-7-9;/h3-4,7-8,10-11H,5-6,15H2,1-2H3;1H/t8-,10+,11?;/m0./s1. The predicted octanol–water partition coefficient (Wildman–Crippen LogP) is 0.832. The molecule has 1 unspecified atom stereocenters. The molecular weight excluding hydrogens is 280 g/mol. The predicted molar refractivity (Wildman–Crippen MR) is 77.1 cm³/mol. The summed E-state index contributed by atoms with van der Waals surface area (Å²) < 4.78 is 0. The highest BCUT2D eigenvalue weighted by molar-refractivity contribution is 6.16. The quantitative estimate of drug-likeness (QED) is 0.475. The summed E-state index contributed by atoms with van der Waals surface area (Å²) in [5.74, 6) is -2.65. The number of carbonyl (C=O) groups is 3. The fraction of sp³-hybridized carbons (Fsp3) is 0.500. The maximum Gasteiger partial charge on any atom is 0.240 e. The van der Waals surface area contributed by atoms with Crippen molar-refractivity contribution in [3.8, 4) is 0 Å². The molecule has 2 N–H and O–H groups in total. The molecule has 1 fully saturated rings. The Labute approximate surface area is 124 Å². The fourth-order valence-corrected chi connectivity index (χ4v) is 2.60. The number of hydrogen-bond acceptors (Lipinski definition) is 4. The lowest BCUT2D eigenvalue weighted by molar-refractivity contribution is -0.139. The van der Waals surface area contributed by atoms with E-state index >= 15 is 0 Å². The van der Waals surface area contributed by atoms with Gasteiger partial charge in [0.15, 0.2) is 5.78 Å². The minimum absolute atomic E-state index is 0. The normalized spacial score (nSPS) is 27.1. The van der Waals surface area contributed by atoms with E-state index in [-0.39, 0.29) is 24.1 Å². The Morgan fingerprint density at radius 3 is 2.45 bits per heavy atom. The van der Waals surface area contributed by atoms with Crippen LogP contribution in [0.1, 0.15) is 19.8 Å². The number of hydrogen-bond donors (Lipinski definition) is 1. The molecule has 0 aromatic carbocycles. The van der Waals surface area contributed by atoms with Crippen molar-refractivity contribution in [2.75, 3.05) is 7.05 Å². The van der Waals surface area contributed by atoms with Gasteiger partial charge in [0.05, 0.1) is 12.0 Å². The van der Waals surface area contributed by atoms with Gasteiger partial charge in [0.25, 0.3) is 0 Å². The average molecular weight is 299 g/mol. The van der Waals surface area contributed by atoms with Crippen LogP contribution in [0.3, 0.4) is 0 Å². The van der Waals surface area contributed by atoms with Crippen molar-refractivity contribution >= 4 is 30.0 Å². The highest BCUT2D eigenvalue weighted by atomic mass is 35.5. The molecule has 0 bridgehead atoms. The first kappa shape index (κ1) is 16.6. The topological polar surface area (TPSA) is 80.5 Å². The maximum atomic E-state index is 12.4. The van der Waals surface area contributed by atoms with Gasteiger partial charge in [-0.15, -0.1) is 12.4 Å². The third-order valence-electron chi connectivity index (χ3n) is 3.87. The molecule has 20 heavy (non-hydrogen) atoms. The van der Waals surface area contributed by atoms with Crippen molar-refractivity contribution in [1.82, 2.24) is 4.90 Å². The number of Topliss-reactive ketones (excluding diaryl/α,β-unsaturated/α-hetero) is 1. The van der Waals surface area contributed by atoms with E-state index in [9.17, 15) is 14.4 Å². The van der Waals surface area contributed by atoms with Crippen LogP contribution < -0.4 is 5.73 Å². The Balaban J connectivity index is 0.00000200. The second-order valence-electron chi connectivity index (χ2n) is 5.07. The van der Waals surface area contributed by atoms with E-state index in [1.165, 1.54) is 7.05 Å². The molecule has 110 valence electrons. The number of carbonyl (C=O) groups excluding carboxylic acids is 3. The molecular formula is C14H19ClN2O3. The summed E-state index contributed by atoms with van der Waals surface area (Å²) in [6.45, 7) is 1.61. The Kier molecular flexibility index (Phi) is 5.25. The van der Waals surface area contributed by atoms with Crippen LogP contribution in [0.15, 0.2) is 23.8 Å². The van der Waals surface area contributed by atoms with Crippen molar-refractivity contribution in [3.63, 3.8) is 0 Å². The van der Waals surface area contributed by atoms with Crippen LogP contribution >= 0.6 is 12.4 Å². The molecule has 3 atom stereocenters. The summed E-state index contributed by atoms with van der Waals surface area (Å²) in [6, 6.07) is -0.791. The van der Waals surface area contributed by atoms with Gasteiger partial charge in [-0.05, 0) is 18.4 Å². The number of likely N-dealkylation sites (tertiary alicyclic amines) is 1. The first-order valence-electron chi connectivity index (χ1n) is 6.39. The Morgan fingerprint density at radius 1 is 1.35 bits per heavy atom. The highest BCUT2D eigenvalue weighted by Gasteiger charge is 2.48. The van der Waals surface area contributed by atoms with E-state index < -0.39 is 23.8 Å². The molecule has 1 aliphatic carbocycles. The second-order valence-corrected chi connectivity index (χ2v) is 5.07. The van der Waals surface area contributed by atoms with Crippen molar-refractivity contribution in [1.29, 1.82) is 0 Å². The lowest BCUT2D eigenvalue weighted by atomic mass is 9.85. The fourth-order valence-electron chi connectivity index (χ4n) is 2.60. The number of nitrogens with two attached hydrogens (primary N) is 1. The summed E-state index contributed by atoms with van der Waals surface area (Å²) in [7, 11) is 1.41. The van der Waals surface area contributed by atoms with Gasteiger partial charge in [-0.25, -0.2) is 0 Å². The molecule has 1 heterocycles. The number of amides is 2. The minimum Gasteiger partial charge on any atom is -0.318 e. The van der Waals surface area contributed by atoms with Crippen LogP contribution in [-0.2, 0) is 14.4 Å². The lowest BCUT2D eigenvalue weighted by Crippen LogP contribution is -2.41. The zero-order valence-corrected chi connectivity index (χ0v) is 12.4. The van der Waals surface area contributed by atoms with Crippen molar-refractivity contribution in [2.24, 2.45) is 17.6 Å². The minimum atomic E-state index is -0.931. The van der Waals surface area contributed by atoms with Gasteiger partial charge in [0, 0.05) is 7.05 Å². The molecule has 0 radical (unpaired) electrons. The summed E-state index contributed by atoms with van der Waals surface area (Å²) >= 11 is 0. The monoisotopic (exact) mass is 298 g/mol. The van der Waals surface area contributed by atoms with E-state index in [0.29, 0.717) is 6.42 Å². The van der Waals surface area contributed by atoms with Gasteiger partial charge in [-0.2, -0.15) is 0 Å². The van der Waals surface area contributed by atoms with Crippen LogP contribution in [0, 0.1) is 11.8 Å². The van der Waals surface area contributed by atoms with Gasteiger partial charge in [-0.1, -0.05) is 25.2 Å². The van der Waals surface area contributed by atoms with Gasteiger partial charge >= 0.3 is 0 Å². The Morgan fingerprint density at radius 2 is 2.00 bits per heavy atom. The van der Waals surface area contributed by atoms with Crippen LogP contribution in [0.4, 0.5) is 0 Å². The SMILES string of the molecule is C[C@@H]1C(=O)N(C)C(=O)[C@H]1C(=O)C(N)C1=CCC=CC1.Cl. The summed E-state index contributed by atoms with van der Waals surface area (Å²) in [4.78, 5) is 37.1. The molecule has 1 aliphatic heterocycles. The molecule has 5 nitrogen and oxygen atoms in total. The van der Waals surface area contributed by atoms with Crippen LogP contribution in [0.5, 0.6) is 0 Å². The number of imide groups is 1. The number of nitrogens with zero attached hydrogens (tertiary/aromatic N) is 1. The Bertz CT molecular complexity index is 499. The molecule has 0 aromatic heterocycles. The highest BCUT2D eigenvalue weighted by Crippen LogP contribution is 2.28. The van der Waals surface area contributed by atoms with Crippen molar-refractivity contribution < 1.29 is 14.4 Å². The van der Waals surface area contributed by atoms with Gasteiger partial charge in [0.1, 0.15) is 5.92 Å².